The van der Waals surface area contributed by atoms with Gasteiger partial charge in [0.15, 0.2) is 0 Å². The van der Waals surface area contributed by atoms with Gasteiger partial charge in [-0.05, 0) is 6.07 Å². The van der Waals surface area contributed by atoms with E-state index in [1.165, 1.54) is 6.20 Å². The summed E-state index contributed by atoms with van der Waals surface area (Å²) in [6.07, 6.45) is 2.29. The Bertz CT molecular complexity index is 632. The number of nitrogens with zero attached hydrogens (tertiary/aromatic N) is 1. The molecule has 7 heteroatoms. The highest BCUT2D eigenvalue weighted by Crippen LogP contribution is 2.15. The van der Waals surface area contributed by atoms with Crippen LogP contribution in [0, 0.1) is 0 Å². The molecule has 0 unspecified atom stereocenters. The molecule has 0 atom stereocenters. The molecule has 0 aliphatic heterocycles. The van der Waals surface area contributed by atoms with E-state index in [9.17, 15) is 8.42 Å². The molecule has 2 rings (SSSR count). The second-order valence-corrected chi connectivity index (χ2v) is 5.39. The van der Waals surface area contributed by atoms with Crippen LogP contribution in [-0.4, -0.2) is 35.8 Å². The average molecular weight is 239 g/mol. The molecule has 0 radical (unpaired) electrons. The van der Waals surface area contributed by atoms with Gasteiger partial charge in [0.25, 0.3) is 0 Å². The molecular formula is C9H10BNO4S. The Balaban J connectivity index is 2.88. The number of para-hydroxylation sites is 1. The van der Waals surface area contributed by atoms with Gasteiger partial charge < -0.3 is 10.0 Å². The molecule has 0 bridgehead atoms. The first-order valence-corrected chi connectivity index (χ1v) is 6.43. The summed E-state index contributed by atoms with van der Waals surface area (Å²) in [6.45, 7) is 0. The first kappa shape index (κ1) is 11.2. The minimum Gasteiger partial charge on any atom is -0.423 e. The molecule has 1 heterocycles. The van der Waals surface area contributed by atoms with E-state index in [1.807, 2.05) is 0 Å². The van der Waals surface area contributed by atoms with Crippen molar-refractivity contribution in [2.45, 2.75) is 0 Å². The van der Waals surface area contributed by atoms with Crippen molar-refractivity contribution in [2.24, 2.45) is 0 Å². The van der Waals surface area contributed by atoms with E-state index < -0.39 is 17.1 Å². The van der Waals surface area contributed by atoms with Gasteiger partial charge in [0.1, 0.15) is 0 Å². The molecule has 2 aromatic rings. The fraction of sp³-hybridized carbons (Fsp3) is 0.111. The number of fused-ring (bicyclic) bond motifs is 1. The molecule has 0 fully saturated rings. The molecular weight excluding hydrogens is 229 g/mol. The van der Waals surface area contributed by atoms with Crippen LogP contribution in [0.4, 0.5) is 0 Å². The van der Waals surface area contributed by atoms with Crippen molar-refractivity contribution in [3.8, 4) is 0 Å². The Kier molecular flexibility index (Phi) is 2.53. The Morgan fingerprint density at radius 2 is 1.88 bits per heavy atom. The van der Waals surface area contributed by atoms with Crippen LogP contribution in [0.2, 0.25) is 0 Å². The van der Waals surface area contributed by atoms with Crippen molar-refractivity contribution >= 4 is 33.5 Å². The zero-order valence-corrected chi connectivity index (χ0v) is 9.35. The maximum atomic E-state index is 11.5. The van der Waals surface area contributed by atoms with Crippen LogP contribution in [0.5, 0.6) is 0 Å². The molecule has 0 saturated heterocycles. The average Bonchev–Trinajstić information content (AvgIpc) is 2.56. The summed E-state index contributed by atoms with van der Waals surface area (Å²) in [4.78, 5) is 0. The van der Waals surface area contributed by atoms with Crippen molar-refractivity contribution in [1.82, 2.24) is 3.97 Å². The predicted octanol–water partition coefficient (Wildman–Crippen LogP) is -0.871. The summed E-state index contributed by atoms with van der Waals surface area (Å²) in [6, 6.07) is 6.66. The number of aromatic nitrogens is 1. The van der Waals surface area contributed by atoms with Gasteiger partial charge in [0.2, 0.25) is 10.0 Å². The largest absolute Gasteiger partial charge is 0.490 e. The normalized spacial score (nSPS) is 11.9. The second kappa shape index (κ2) is 3.62. The van der Waals surface area contributed by atoms with Crippen LogP contribution >= 0.6 is 0 Å². The highest BCUT2D eigenvalue weighted by atomic mass is 32.2. The summed E-state index contributed by atoms with van der Waals surface area (Å²) in [5.74, 6) is 0. The van der Waals surface area contributed by atoms with Crippen LogP contribution in [0.1, 0.15) is 0 Å². The Morgan fingerprint density at radius 1 is 1.25 bits per heavy atom. The van der Waals surface area contributed by atoms with E-state index in [-0.39, 0.29) is 5.46 Å². The monoisotopic (exact) mass is 239 g/mol. The summed E-state index contributed by atoms with van der Waals surface area (Å²) in [5, 5.41) is 18.8. The van der Waals surface area contributed by atoms with Gasteiger partial charge in [-0.15, -0.1) is 0 Å². The molecule has 0 aliphatic carbocycles. The summed E-state index contributed by atoms with van der Waals surface area (Å²) in [5.41, 5.74) is 0.620. The Hall–Kier alpha value is -1.31. The quantitative estimate of drug-likeness (QED) is 0.667. The number of rotatable bonds is 2. The van der Waals surface area contributed by atoms with E-state index in [4.69, 9.17) is 10.0 Å². The molecule has 0 spiro atoms. The van der Waals surface area contributed by atoms with Crippen molar-refractivity contribution in [1.29, 1.82) is 0 Å². The molecule has 0 aliphatic rings. The molecule has 1 aromatic carbocycles. The number of benzene rings is 1. The third kappa shape index (κ3) is 1.73. The lowest BCUT2D eigenvalue weighted by molar-refractivity contribution is 0.426. The van der Waals surface area contributed by atoms with Gasteiger partial charge >= 0.3 is 7.12 Å². The molecule has 2 N–H and O–H groups in total. The maximum absolute atomic E-state index is 11.5. The Labute approximate surface area is 93.1 Å². The van der Waals surface area contributed by atoms with Crippen LogP contribution in [0.3, 0.4) is 0 Å². The molecule has 1 aromatic heterocycles. The van der Waals surface area contributed by atoms with Crippen LogP contribution in [-0.2, 0) is 10.0 Å². The van der Waals surface area contributed by atoms with Crippen LogP contribution < -0.4 is 5.46 Å². The molecule has 0 saturated carbocycles. The smallest absolute Gasteiger partial charge is 0.423 e. The van der Waals surface area contributed by atoms with Crippen molar-refractivity contribution in [3.63, 3.8) is 0 Å². The lowest BCUT2D eigenvalue weighted by Gasteiger charge is -2.00. The fourth-order valence-corrected chi connectivity index (χ4v) is 2.48. The SMILES string of the molecule is CS(=O)(=O)n1cc(B(O)O)c2ccccc21. The van der Waals surface area contributed by atoms with E-state index in [2.05, 4.69) is 0 Å². The van der Waals surface area contributed by atoms with Gasteiger partial charge in [0.05, 0.1) is 11.8 Å². The minimum atomic E-state index is -3.45. The lowest BCUT2D eigenvalue weighted by atomic mass is 9.80. The van der Waals surface area contributed by atoms with Gasteiger partial charge in [-0.3, -0.25) is 0 Å². The lowest BCUT2D eigenvalue weighted by Crippen LogP contribution is -2.29. The summed E-state index contributed by atoms with van der Waals surface area (Å²) in [7, 11) is -5.13. The first-order valence-electron chi connectivity index (χ1n) is 4.58. The van der Waals surface area contributed by atoms with Gasteiger partial charge in [-0.2, -0.15) is 0 Å². The number of hydrogen-bond donors (Lipinski definition) is 2. The van der Waals surface area contributed by atoms with E-state index in [0.717, 1.165) is 10.2 Å². The highest BCUT2D eigenvalue weighted by Gasteiger charge is 2.21. The van der Waals surface area contributed by atoms with Crippen molar-refractivity contribution < 1.29 is 18.5 Å². The molecule has 5 nitrogen and oxygen atoms in total. The van der Waals surface area contributed by atoms with E-state index >= 15 is 0 Å². The van der Waals surface area contributed by atoms with Crippen molar-refractivity contribution in [3.05, 3.63) is 30.5 Å². The van der Waals surface area contributed by atoms with Crippen LogP contribution in [0.25, 0.3) is 10.9 Å². The summed E-state index contributed by atoms with van der Waals surface area (Å²) < 4.78 is 24.0. The van der Waals surface area contributed by atoms with Gasteiger partial charge in [0, 0.05) is 17.0 Å². The second-order valence-electron chi connectivity index (χ2n) is 3.53. The summed E-state index contributed by atoms with van der Waals surface area (Å²) >= 11 is 0. The highest BCUT2D eigenvalue weighted by molar-refractivity contribution is 7.89. The Morgan fingerprint density at radius 3 is 2.44 bits per heavy atom. The topological polar surface area (TPSA) is 79.5 Å². The van der Waals surface area contributed by atoms with E-state index in [0.29, 0.717) is 10.9 Å². The molecule has 0 amide bonds. The first-order chi connectivity index (χ1) is 7.41. The third-order valence-electron chi connectivity index (χ3n) is 2.34. The zero-order chi connectivity index (χ0) is 11.9. The van der Waals surface area contributed by atoms with Gasteiger partial charge in [-0.1, -0.05) is 18.2 Å². The zero-order valence-electron chi connectivity index (χ0n) is 8.53. The molecule has 84 valence electrons. The van der Waals surface area contributed by atoms with Gasteiger partial charge in [-0.25, -0.2) is 12.4 Å². The fourth-order valence-electron chi connectivity index (χ4n) is 1.66. The minimum absolute atomic E-state index is 0.182. The third-order valence-corrected chi connectivity index (χ3v) is 3.36. The standard InChI is InChI=1S/C9H10BNO4S/c1-16(14,15)11-6-8(10(12)13)7-4-2-3-5-9(7)11/h2-6,12-13H,1H3. The predicted molar refractivity (Wildman–Crippen MR) is 62.0 cm³/mol. The maximum Gasteiger partial charge on any atom is 0.490 e. The van der Waals surface area contributed by atoms with E-state index in [1.54, 1.807) is 24.3 Å². The number of hydrogen-bond acceptors (Lipinski definition) is 4. The molecule has 16 heavy (non-hydrogen) atoms. The van der Waals surface area contributed by atoms with Crippen LogP contribution in [0.15, 0.2) is 30.5 Å². The van der Waals surface area contributed by atoms with Crippen molar-refractivity contribution in [2.75, 3.05) is 6.26 Å².